The second-order valence-corrected chi connectivity index (χ2v) is 5.67. The number of benzene rings is 1. The van der Waals surface area contributed by atoms with Crippen molar-refractivity contribution >= 4 is 17.4 Å². The molecular weight excluding hydrogens is 268 g/mol. The summed E-state index contributed by atoms with van der Waals surface area (Å²) in [5.74, 6) is -0.118. The number of nitrogens with two attached hydrogens (primary N) is 1. The first-order valence-corrected chi connectivity index (χ1v) is 7.06. The van der Waals surface area contributed by atoms with Gasteiger partial charge in [-0.05, 0) is 37.1 Å². The molecule has 6 nitrogen and oxygen atoms in total. The Hall–Kier alpha value is -2.24. The van der Waals surface area contributed by atoms with Gasteiger partial charge in [-0.1, -0.05) is 18.0 Å². The smallest absolute Gasteiger partial charge is 0.252 e. The van der Waals surface area contributed by atoms with Crippen LogP contribution in [0.25, 0.3) is 0 Å². The Bertz CT molecular complexity index is 531. The van der Waals surface area contributed by atoms with Gasteiger partial charge in [0.05, 0.1) is 0 Å². The van der Waals surface area contributed by atoms with E-state index < -0.39 is 5.54 Å². The molecule has 0 unspecified atom stereocenters. The number of nitrogens with one attached hydrogen (secondary N) is 1. The number of amides is 1. The van der Waals surface area contributed by atoms with Crippen LogP contribution in [-0.4, -0.2) is 36.6 Å². The summed E-state index contributed by atoms with van der Waals surface area (Å²) in [5.41, 5.74) is 6.66. The molecule has 4 N–H and O–H groups in total. The van der Waals surface area contributed by atoms with Gasteiger partial charge in [0, 0.05) is 25.3 Å². The summed E-state index contributed by atoms with van der Waals surface area (Å²) in [6.07, 6.45) is 3.31. The maximum Gasteiger partial charge on any atom is 0.252 e. The SMILES string of the molecule is CN(C)c1ccc(C(=O)NC2(/C(N)=N/O)CCCC2)cc1. The van der Waals surface area contributed by atoms with Crippen LogP contribution < -0.4 is 16.0 Å². The number of rotatable bonds is 4. The molecule has 0 atom stereocenters. The lowest BCUT2D eigenvalue weighted by Crippen LogP contribution is -2.55. The first-order chi connectivity index (χ1) is 9.98. The summed E-state index contributed by atoms with van der Waals surface area (Å²) in [4.78, 5) is 14.4. The Morgan fingerprint density at radius 2 is 1.86 bits per heavy atom. The lowest BCUT2D eigenvalue weighted by atomic mass is 9.95. The molecule has 1 aromatic rings. The van der Waals surface area contributed by atoms with Crippen molar-refractivity contribution in [2.75, 3.05) is 19.0 Å². The van der Waals surface area contributed by atoms with Gasteiger partial charge in [0.25, 0.3) is 5.91 Å². The minimum Gasteiger partial charge on any atom is -0.409 e. The van der Waals surface area contributed by atoms with Gasteiger partial charge in [0.1, 0.15) is 5.54 Å². The van der Waals surface area contributed by atoms with E-state index >= 15 is 0 Å². The molecule has 1 aliphatic carbocycles. The number of carbonyl (C=O) groups excluding carboxylic acids is 1. The number of hydrogen-bond donors (Lipinski definition) is 3. The number of amidine groups is 1. The van der Waals surface area contributed by atoms with E-state index in [2.05, 4.69) is 10.5 Å². The molecule has 0 spiro atoms. The highest BCUT2D eigenvalue weighted by atomic mass is 16.4. The second-order valence-electron chi connectivity index (χ2n) is 5.67. The van der Waals surface area contributed by atoms with Crippen LogP contribution in [0.2, 0.25) is 0 Å². The third kappa shape index (κ3) is 3.09. The Morgan fingerprint density at radius 3 is 2.33 bits per heavy atom. The first-order valence-electron chi connectivity index (χ1n) is 7.06. The largest absolute Gasteiger partial charge is 0.409 e. The van der Waals surface area contributed by atoms with Crippen molar-refractivity contribution in [2.45, 2.75) is 31.2 Å². The fourth-order valence-corrected chi connectivity index (χ4v) is 2.72. The van der Waals surface area contributed by atoms with Gasteiger partial charge >= 0.3 is 0 Å². The third-order valence-electron chi connectivity index (χ3n) is 4.05. The maximum absolute atomic E-state index is 12.4. The number of anilines is 1. The van der Waals surface area contributed by atoms with Crippen LogP contribution in [0.4, 0.5) is 5.69 Å². The highest BCUT2D eigenvalue weighted by Gasteiger charge is 2.39. The van der Waals surface area contributed by atoms with Crippen molar-refractivity contribution < 1.29 is 10.0 Å². The fourth-order valence-electron chi connectivity index (χ4n) is 2.72. The molecular formula is C15H22N4O2. The van der Waals surface area contributed by atoms with E-state index in [0.717, 1.165) is 18.5 Å². The minimum atomic E-state index is -0.716. The van der Waals surface area contributed by atoms with E-state index in [1.54, 1.807) is 12.1 Å². The minimum absolute atomic E-state index is 0.0817. The molecule has 1 amide bonds. The van der Waals surface area contributed by atoms with Crippen molar-refractivity contribution in [3.05, 3.63) is 29.8 Å². The van der Waals surface area contributed by atoms with Crippen molar-refractivity contribution in [1.82, 2.24) is 5.32 Å². The summed E-state index contributed by atoms with van der Waals surface area (Å²) in [6, 6.07) is 7.33. The Morgan fingerprint density at radius 1 is 1.29 bits per heavy atom. The number of hydrogen-bond acceptors (Lipinski definition) is 4. The monoisotopic (exact) mass is 290 g/mol. The molecule has 114 valence electrons. The van der Waals surface area contributed by atoms with Crippen molar-refractivity contribution in [2.24, 2.45) is 10.9 Å². The van der Waals surface area contributed by atoms with Crippen LogP contribution >= 0.6 is 0 Å². The molecule has 0 aliphatic heterocycles. The molecule has 0 heterocycles. The van der Waals surface area contributed by atoms with Gasteiger partial charge in [0.2, 0.25) is 0 Å². The van der Waals surface area contributed by atoms with Gasteiger partial charge in [-0.2, -0.15) is 0 Å². The molecule has 6 heteroatoms. The maximum atomic E-state index is 12.4. The molecule has 0 bridgehead atoms. The van der Waals surface area contributed by atoms with E-state index in [0.29, 0.717) is 18.4 Å². The summed E-state index contributed by atoms with van der Waals surface area (Å²) in [5, 5.41) is 15.0. The predicted molar refractivity (Wildman–Crippen MR) is 82.8 cm³/mol. The standard InChI is InChI=1S/C15H22N4O2/c1-19(2)12-7-5-11(6-8-12)13(20)17-15(14(16)18-21)9-3-4-10-15/h5-8,21H,3-4,9-10H2,1-2H3,(H2,16,18)(H,17,20). The van der Waals surface area contributed by atoms with E-state index in [4.69, 9.17) is 10.9 Å². The van der Waals surface area contributed by atoms with Crippen molar-refractivity contribution in [1.29, 1.82) is 0 Å². The van der Waals surface area contributed by atoms with E-state index in [1.807, 2.05) is 31.1 Å². The zero-order chi connectivity index (χ0) is 15.5. The van der Waals surface area contributed by atoms with Crippen LogP contribution in [0.3, 0.4) is 0 Å². The highest BCUT2D eigenvalue weighted by molar-refractivity contribution is 6.00. The molecule has 0 aromatic heterocycles. The van der Waals surface area contributed by atoms with Gasteiger partial charge in [0.15, 0.2) is 5.84 Å². The number of nitrogens with zero attached hydrogens (tertiary/aromatic N) is 2. The molecule has 21 heavy (non-hydrogen) atoms. The van der Waals surface area contributed by atoms with E-state index in [9.17, 15) is 4.79 Å². The average molecular weight is 290 g/mol. The molecule has 0 radical (unpaired) electrons. The summed E-state index contributed by atoms with van der Waals surface area (Å²) in [7, 11) is 3.89. The average Bonchev–Trinajstić information content (AvgIpc) is 2.96. The quantitative estimate of drug-likeness (QED) is 0.339. The second kappa shape index (κ2) is 6.03. The van der Waals surface area contributed by atoms with Crippen molar-refractivity contribution in [3.63, 3.8) is 0 Å². The highest BCUT2D eigenvalue weighted by Crippen LogP contribution is 2.30. The van der Waals surface area contributed by atoms with Gasteiger partial charge in [-0.3, -0.25) is 4.79 Å². The predicted octanol–water partition coefficient (Wildman–Crippen LogP) is 1.54. The summed E-state index contributed by atoms with van der Waals surface area (Å²) >= 11 is 0. The van der Waals surface area contributed by atoms with Gasteiger partial charge in [-0.25, -0.2) is 0 Å². The van der Waals surface area contributed by atoms with Gasteiger partial charge < -0.3 is 21.2 Å². The molecule has 2 rings (SSSR count). The summed E-state index contributed by atoms with van der Waals surface area (Å²) < 4.78 is 0. The lowest BCUT2D eigenvalue weighted by molar-refractivity contribution is 0.0922. The molecule has 0 saturated heterocycles. The Balaban J connectivity index is 2.16. The lowest BCUT2D eigenvalue weighted by Gasteiger charge is -2.28. The molecule has 1 aromatic carbocycles. The van der Waals surface area contributed by atoms with Crippen LogP contribution in [0.1, 0.15) is 36.0 Å². The zero-order valence-electron chi connectivity index (χ0n) is 12.5. The van der Waals surface area contributed by atoms with Crippen LogP contribution in [0.5, 0.6) is 0 Å². The van der Waals surface area contributed by atoms with Crippen LogP contribution in [0, 0.1) is 0 Å². The first kappa shape index (κ1) is 15.2. The van der Waals surface area contributed by atoms with Crippen LogP contribution in [-0.2, 0) is 0 Å². The topological polar surface area (TPSA) is 91.0 Å². The number of carbonyl (C=O) groups is 1. The molecule has 1 aliphatic rings. The molecule has 1 fully saturated rings. The van der Waals surface area contributed by atoms with Crippen molar-refractivity contribution in [3.8, 4) is 0 Å². The van der Waals surface area contributed by atoms with E-state index in [1.165, 1.54) is 0 Å². The normalized spacial score (nSPS) is 17.5. The fraction of sp³-hybridized carbons (Fsp3) is 0.467. The van der Waals surface area contributed by atoms with E-state index in [-0.39, 0.29) is 11.7 Å². The third-order valence-corrected chi connectivity index (χ3v) is 4.05. The van der Waals surface area contributed by atoms with Crippen LogP contribution in [0.15, 0.2) is 29.4 Å². The Labute approximate surface area is 124 Å². The zero-order valence-corrected chi connectivity index (χ0v) is 12.5. The van der Waals surface area contributed by atoms with Gasteiger partial charge in [-0.15, -0.1) is 0 Å². The number of oxime groups is 1. The Kier molecular flexibility index (Phi) is 4.35. The summed E-state index contributed by atoms with van der Waals surface area (Å²) in [6.45, 7) is 0. The molecule has 1 saturated carbocycles.